The summed E-state index contributed by atoms with van der Waals surface area (Å²) in [4.78, 5) is 28.6. The molecule has 2 aromatic rings. The Kier molecular flexibility index (Phi) is 6.52. The SMILES string of the molecule is C[C@@](O)(c1ccc(N2CCN(S(=O)(=O)c3cccs3)C[C@@H]2CN2C(=O)NC(=O)C23CCC3)cc1)C(F)(F)F. The summed E-state index contributed by atoms with van der Waals surface area (Å²) >= 11 is 1.10. The molecule has 1 aromatic heterocycles. The normalized spacial score (nSPS) is 23.9. The Balaban J connectivity index is 1.46. The summed E-state index contributed by atoms with van der Waals surface area (Å²) in [5, 5.41) is 14.1. The van der Waals surface area contributed by atoms with E-state index in [1.807, 2.05) is 4.90 Å². The predicted octanol–water partition coefficient (Wildman–Crippen LogP) is 2.87. The maximum absolute atomic E-state index is 13.3. The number of nitrogens with one attached hydrogen (secondary N) is 1. The largest absolute Gasteiger partial charge is 0.421 e. The number of amides is 3. The van der Waals surface area contributed by atoms with Crippen LogP contribution in [-0.2, 0) is 20.4 Å². The molecule has 3 heterocycles. The smallest absolute Gasteiger partial charge is 0.376 e. The quantitative estimate of drug-likeness (QED) is 0.516. The maximum Gasteiger partial charge on any atom is 0.421 e. The molecule has 3 aliphatic rings. The molecule has 1 aliphatic carbocycles. The van der Waals surface area contributed by atoms with Crippen LogP contribution in [0.15, 0.2) is 46.0 Å². The van der Waals surface area contributed by atoms with Crippen molar-refractivity contribution >= 4 is 39.0 Å². The molecule has 3 fully saturated rings. The molecule has 0 unspecified atom stereocenters. The first-order chi connectivity index (χ1) is 17.8. The van der Waals surface area contributed by atoms with Crippen molar-refractivity contribution in [2.75, 3.05) is 31.1 Å². The number of halogens is 3. The number of rotatable bonds is 6. The number of alkyl halides is 3. The van der Waals surface area contributed by atoms with Crippen LogP contribution in [0.1, 0.15) is 31.7 Å². The van der Waals surface area contributed by atoms with Crippen molar-refractivity contribution in [2.45, 2.75) is 53.8 Å². The van der Waals surface area contributed by atoms with Crippen LogP contribution in [0.4, 0.5) is 23.7 Å². The lowest BCUT2D eigenvalue weighted by atomic mass is 9.75. The molecule has 14 heteroatoms. The fourth-order valence-electron chi connectivity index (χ4n) is 5.29. The highest BCUT2D eigenvalue weighted by Gasteiger charge is 2.57. The Labute approximate surface area is 221 Å². The van der Waals surface area contributed by atoms with E-state index in [1.165, 1.54) is 39.5 Å². The van der Waals surface area contributed by atoms with Gasteiger partial charge in [-0.25, -0.2) is 13.2 Å². The standard InChI is InChI=1S/C24H27F3N4O5S2/c1-22(34,24(25,26)27)16-5-7-17(8-6-16)30-12-11-29(38(35,36)19-4-2-13-37-19)14-18(30)15-31-21(33)28-20(32)23(31)9-3-10-23/h2,4-8,13,18,34H,3,9-12,14-15H2,1H3,(H,28,32,33)/t18-,22-/m1/s1. The van der Waals surface area contributed by atoms with E-state index in [0.29, 0.717) is 25.5 Å². The molecule has 9 nitrogen and oxygen atoms in total. The Hall–Kier alpha value is -2.68. The topological polar surface area (TPSA) is 110 Å². The van der Waals surface area contributed by atoms with E-state index in [-0.39, 0.29) is 41.9 Å². The molecule has 2 atom stereocenters. The number of benzene rings is 1. The maximum atomic E-state index is 13.3. The van der Waals surface area contributed by atoms with E-state index in [0.717, 1.165) is 17.8 Å². The van der Waals surface area contributed by atoms with Gasteiger partial charge in [0.2, 0.25) is 0 Å². The predicted molar refractivity (Wildman–Crippen MR) is 133 cm³/mol. The summed E-state index contributed by atoms with van der Waals surface area (Å²) in [5.74, 6) is -0.363. The van der Waals surface area contributed by atoms with Crippen molar-refractivity contribution in [1.29, 1.82) is 0 Å². The lowest BCUT2D eigenvalue weighted by Crippen LogP contribution is -2.62. The number of piperazine rings is 1. The van der Waals surface area contributed by atoms with Gasteiger partial charge in [0.25, 0.3) is 15.9 Å². The van der Waals surface area contributed by atoms with Crippen LogP contribution in [0.25, 0.3) is 0 Å². The van der Waals surface area contributed by atoms with Crippen LogP contribution in [0, 0.1) is 0 Å². The van der Waals surface area contributed by atoms with Gasteiger partial charge in [0.15, 0.2) is 5.60 Å². The molecule has 3 amide bonds. The molecule has 38 heavy (non-hydrogen) atoms. The molecular weight excluding hydrogens is 545 g/mol. The second-order valence-corrected chi connectivity index (χ2v) is 13.1. The zero-order chi connectivity index (χ0) is 27.5. The number of aliphatic hydroxyl groups is 1. The van der Waals surface area contributed by atoms with E-state index in [2.05, 4.69) is 5.32 Å². The second kappa shape index (κ2) is 9.21. The molecular formula is C24H27F3N4O5S2. The van der Waals surface area contributed by atoms with Crippen molar-refractivity contribution in [1.82, 2.24) is 14.5 Å². The van der Waals surface area contributed by atoms with Crippen molar-refractivity contribution in [3.8, 4) is 0 Å². The van der Waals surface area contributed by atoms with E-state index in [9.17, 15) is 36.3 Å². The van der Waals surface area contributed by atoms with E-state index >= 15 is 0 Å². The second-order valence-electron chi connectivity index (χ2n) is 10.0. The third-order valence-electron chi connectivity index (χ3n) is 7.83. The molecule has 2 aliphatic heterocycles. The molecule has 0 bridgehead atoms. The number of urea groups is 1. The highest BCUT2D eigenvalue weighted by molar-refractivity contribution is 7.91. The van der Waals surface area contributed by atoms with E-state index in [1.54, 1.807) is 11.4 Å². The Morgan fingerprint density at radius 1 is 1.13 bits per heavy atom. The van der Waals surface area contributed by atoms with E-state index in [4.69, 9.17) is 0 Å². The fraction of sp³-hybridized carbons (Fsp3) is 0.500. The van der Waals surface area contributed by atoms with Crippen molar-refractivity contribution in [3.63, 3.8) is 0 Å². The van der Waals surface area contributed by atoms with Gasteiger partial charge in [-0.05, 0) is 55.3 Å². The summed E-state index contributed by atoms with van der Waals surface area (Å²) in [6, 6.07) is 7.31. The Bertz CT molecular complexity index is 1330. The zero-order valence-electron chi connectivity index (χ0n) is 20.4. The highest BCUT2D eigenvalue weighted by Crippen LogP contribution is 2.42. The molecule has 2 saturated heterocycles. The van der Waals surface area contributed by atoms with Gasteiger partial charge in [-0.15, -0.1) is 11.3 Å². The molecule has 0 radical (unpaired) electrons. The number of hydrogen-bond donors (Lipinski definition) is 2. The number of sulfonamides is 1. The number of nitrogens with zero attached hydrogens (tertiary/aromatic N) is 3. The Morgan fingerprint density at radius 3 is 2.37 bits per heavy atom. The van der Waals surface area contributed by atoms with Crippen molar-refractivity contribution in [2.24, 2.45) is 0 Å². The molecule has 5 rings (SSSR count). The average molecular weight is 573 g/mol. The third-order valence-corrected chi connectivity index (χ3v) is 11.1. The summed E-state index contributed by atoms with van der Waals surface area (Å²) in [5.41, 5.74) is -3.81. The summed E-state index contributed by atoms with van der Waals surface area (Å²) in [7, 11) is -3.80. The molecule has 1 spiro atoms. The van der Waals surface area contributed by atoms with Gasteiger partial charge in [0, 0.05) is 31.9 Å². The number of thiophene rings is 1. The third kappa shape index (κ3) is 4.27. The molecule has 2 N–H and O–H groups in total. The van der Waals surface area contributed by atoms with Gasteiger partial charge in [-0.2, -0.15) is 17.5 Å². The molecule has 1 aromatic carbocycles. The van der Waals surface area contributed by atoms with Crippen LogP contribution in [-0.4, -0.2) is 78.6 Å². The molecule has 206 valence electrons. The van der Waals surface area contributed by atoms with Crippen LogP contribution in [0.2, 0.25) is 0 Å². The number of hydrogen-bond acceptors (Lipinski definition) is 7. The minimum atomic E-state index is -4.87. The monoisotopic (exact) mass is 572 g/mol. The summed E-state index contributed by atoms with van der Waals surface area (Å²) < 4.78 is 68.0. The van der Waals surface area contributed by atoms with Gasteiger partial charge in [-0.1, -0.05) is 18.2 Å². The fourth-order valence-corrected chi connectivity index (χ4v) is 7.91. The number of carbonyl (C=O) groups is 2. The average Bonchev–Trinajstić information content (AvgIpc) is 3.45. The van der Waals surface area contributed by atoms with Gasteiger partial charge in [0.05, 0.1) is 6.04 Å². The minimum Gasteiger partial charge on any atom is -0.376 e. The number of anilines is 1. The lowest BCUT2D eigenvalue weighted by molar-refractivity contribution is -0.258. The van der Waals surface area contributed by atoms with Gasteiger partial charge >= 0.3 is 12.2 Å². The van der Waals surface area contributed by atoms with Gasteiger partial charge in [0.1, 0.15) is 9.75 Å². The van der Waals surface area contributed by atoms with Crippen molar-refractivity contribution < 1.29 is 36.3 Å². The lowest BCUT2D eigenvalue weighted by Gasteiger charge is -2.48. The zero-order valence-corrected chi connectivity index (χ0v) is 22.1. The van der Waals surface area contributed by atoms with Crippen molar-refractivity contribution in [3.05, 3.63) is 47.3 Å². The van der Waals surface area contributed by atoms with Crippen LogP contribution >= 0.6 is 11.3 Å². The van der Waals surface area contributed by atoms with Gasteiger partial charge < -0.3 is 14.9 Å². The Morgan fingerprint density at radius 2 is 1.82 bits per heavy atom. The first-order valence-corrected chi connectivity index (χ1v) is 14.4. The highest BCUT2D eigenvalue weighted by atomic mass is 32.2. The van der Waals surface area contributed by atoms with Crippen LogP contribution in [0.5, 0.6) is 0 Å². The first-order valence-electron chi connectivity index (χ1n) is 12.1. The number of imide groups is 1. The summed E-state index contributed by atoms with van der Waals surface area (Å²) in [6.45, 7) is 1.07. The minimum absolute atomic E-state index is 0.0102. The first kappa shape index (κ1) is 26.9. The molecule has 1 saturated carbocycles. The summed E-state index contributed by atoms with van der Waals surface area (Å²) in [6.07, 6.45) is -3.07. The van der Waals surface area contributed by atoms with Crippen LogP contribution < -0.4 is 10.2 Å². The van der Waals surface area contributed by atoms with E-state index < -0.39 is 39.4 Å². The van der Waals surface area contributed by atoms with Crippen LogP contribution in [0.3, 0.4) is 0 Å². The number of carbonyl (C=O) groups excluding carboxylic acids is 2. The van der Waals surface area contributed by atoms with Gasteiger partial charge in [-0.3, -0.25) is 10.1 Å².